The standard InChI is InChI=1S/C24H32N2O6/c1-4-17-8-6-7-9-20(17)26-15-19(14-21(26)27)24(30)32-16(3)22(28)25-12-10-18(11-13-25)23(29)31-5-2/h6-9,16,18-19H,4-5,10-15H2,1-3H3/t16-,19+/m1/s1. The van der Waals surface area contributed by atoms with Crippen molar-refractivity contribution >= 4 is 29.4 Å². The smallest absolute Gasteiger partial charge is 0.312 e. The normalized spacial score (nSPS) is 20.2. The molecule has 0 aromatic heterocycles. The maximum atomic E-state index is 12.7. The topological polar surface area (TPSA) is 93.2 Å². The highest BCUT2D eigenvalue weighted by Crippen LogP contribution is 2.29. The van der Waals surface area contributed by atoms with Crippen molar-refractivity contribution in [1.82, 2.24) is 4.90 Å². The molecule has 0 saturated carbocycles. The van der Waals surface area contributed by atoms with Gasteiger partial charge in [0.2, 0.25) is 5.91 Å². The number of para-hydroxylation sites is 1. The maximum absolute atomic E-state index is 12.7. The summed E-state index contributed by atoms with van der Waals surface area (Å²) in [5.74, 6) is -1.95. The molecule has 0 unspecified atom stereocenters. The maximum Gasteiger partial charge on any atom is 0.312 e. The van der Waals surface area contributed by atoms with Crippen molar-refractivity contribution in [2.24, 2.45) is 11.8 Å². The number of benzene rings is 1. The first-order valence-corrected chi connectivity index (χ1v) is 11.4. The van der Waals surface area contributed by atoms with Gasteiger partial charge in [-0.3, -0.25) is 19.2 Å². The minimum absolute atomic E-state index is 0.0721. The van der Waals surface area contributed by atoms with Crippen molar-refractivity contribution in [2.75, 3.05) is 31.1 Å². The third kappa shape index (κ3) is 5.29. The van der Waals surface area contributed by atoms with E-state index >= 15 is 0 Å². The molecule has 8 nitrogen and oxygen atoms in total. The number of hydrogen-bond acceptors (Lipinski definition) is 6. The second kappa shape index (κ2) is 10.6. The van der Waals surface area contributed by atoms with Crippen LogP contribution in [-0.2, 0) is 35.1 Å². The molecule has 2 saturated heterocycles. The van der Waals surface area contributed by atoms with Crippen LogP contribution in [0.3, 0.4) is 0 Å². The molecular weight excluding hydrogens is 412 g/mol. The average Bonchev–Trinajstić information content (AvgIpc) is 3.20. The highest BCUT2D eigenvalue weighted by atomic mass is 16.5. The summed E-state index contributed by atoms with van der Waals surface area (Å²) in [6.45, 7) is 6.79. The number of nitrogens with zero attached hydrogens (tertiary/aromatic N) is 2. The van der Waals surface area contributed by atoms with Crippen LogP contribution in [0.4, 0.5) is 5.69 Å². The predicted octanol–water partition coefficient (Wildman–Crippen LogP) is 2.34. The summed E-state index contributed by atoms with van der Waals surface area (Å²) in [4.78, 5) is 53.1. The Labute approximate surface area is 188 Å². The molecule has 2 heterocycles. The van der Waals surface area contributed by atoms with E-state index in [1.54, 1.807) is 23.6 Å². The van der Waals surface area contributed by atoms with Crippen LogP contribution < -0.4 is 4.90 Å². The summed E-state index contributed by atoms with van der Waals surface area (Å²) in [6.07, 6.45) is 0.993. The quantitative estimate of drug-likeness (QED) is 0.600. The number of piperidine rings is 1. The molecule has 2 fully saturated rings. The Bertz CT molecular complexity index is 862. The number of ether oxygens (including phenoxy) is 2. The lowest BCUT2D eigenvalue weighted by Gasteiger charge is -2.32. The van der Waals surface area contributed by atoms with Crippen molar-refractivity contribution < 1.29 is 28.7 Å². The van der Waals surface area contributed by atoms with E-state index in [4.69, 9.17) is 9.47 Å². The highest BCUT2D eigenvalue weighted by Gasteiger charge is 2.38. The molecule has 1 aromatic carbocycles. The zero-order valence-electron chi connectivity index (χ0n) is 19.0. The van der Waals surface area contributed by atoms with Crippen LogP contribution in [0.25, 0.3) is 0 Å². The van der Waals surface area contributed by atoms with E-state index in [1.165, 1.54) is 0 Å². The molecule has 0 spiro atoms. The Morgan fingerprint density at radius 1 is 1.06 bits per heavy atom. The summed E-state index contributed by atoms with van der Waals surface area (Å²) in [6, 6.07) is 7.66. The molecule has 174 valence electrons. The van der Waals surface area contributed by atoms with Crippen LogP contribution in [0, 0.1) is 11.8 Å². The summed E-state index contributed by atoms with van der Waals surface area (Å²) >= 11 is 0. The van der Waals surface area contributed by atoms with Crippen LogP contribution in [0.15, 0.2) is 24.3 Å². The van der Waals surface area contributed by atoms with Crippen LogP contribution in [0.2, 0.25) is 0 Å². The Kier molecular flexibility index (Phi) is 7.88. The number of hydrogen-bond donors (Lipinski definition) is 0. The zero-order chi connectivity index (χ0) is 23.3. The summed E-state index contributed by atoms with van der Waals surface area (Å²) in [7, 11) is 0. The van der Waals surface area contributed by atoms with Gasteiger partial charge in [-0.1, -0.05) is 25.1 Å². The molecule has 32 heavy (non-hydrogen) atoms. The molecule has 2 aliphatic heterocycles. The van der Waals surface area contributed by atoms with Gasteiger partial charge in [0, 0.05) is 31.7 Å². The largest absolute Gasteiger partial charge is 0.466 e. The molecule has 0 bridgehead atoms. The first-order valence-electron chi connectivity index (χ1n) is 11.4. The lowest BCUT2D eigenvalue weighted by molar-refractivity contribution is -0.163. The molecule has 0 radical (unpaired) electrons. The van der Waals surface area contributed by atoms with Gasteiger partial charge in [0.05, 0.1) is 18.4 Å². The fourth-order valence-electron chi connectivity index (χ4n) is 4.35. The van der Waals surface area contributed by atoms with E-state index in [2.05, 4.69) is 0 Å². The second-order valence-electron chi connectivity index (χ2n) is 8.32. The van der Waals surface area contributed by atoms with Gasteiger partial charge in [0.25, 0.3) is 5.91 Å². The molecule has 0 N–H and O–H groups in total. The Hall–Kier alpha value is -2.90. The molecule has 2 amide bonds. The average molecular weight is 445 g/mol. The third-order valence-electron chi connectivity index (χ3n) is 6.19. The minimum atomic E-state index is -0.936. The SMILES string of the molecule is CCOC(=O)C1CCN(C(=O)[C@@H](C)OC(=O)[C@H]2CC(=O)N(c3ccccc3CC)C2)CC1. The second-order valence-corrected chi connectivity index (χ2v) is 8.32. The molecule has 3 rings (SSSR count). The first kappa shape index (κ1) is 23.8. The number of likely N-dealkylation sites (tertiary alicyclic amines) is 1. The molecule has 2 atom stereocenters. The summed E-state index contributed by atoms with van der Waals surface area (Å²) in [5, 5.41) is 0. The van der Waals surface area contributed by atoms with Gasteiger partial charge >= 0.3 is 11.9 Å². The number of rotatable bonds is 7. The van der Waals surface area contributed by atoms with E-state index in [0.29, 0.717) is 32.5 Å². The van der Waals surface area contributed by atoms with Gasteiger partial charge in [-0.25, -0.2) is 0 Å². The number of anilines is 1. The van der Waals surface area contributed by atoms with Crippen molar-refractivity contribution in [1.29, 1.82) is 0 Å². The Morgan fingerprint density at radius 3 is 2.41 bits per heavy atom. The molecule has 8 heteroatoms. The lowest BCUT2D eigenvalue weighted by atomic mass is 9.96. The van der Waals surface area contributed by atoms with Gasteiger partial charge in [-0.15, -0.1) is 0 Å². The van der Waals surface area contributed by atoms with Crippen LogP contribution in [0.1, 0.15) is 45.6 Å². The van der Waals surface area contributed by atoms with E-state index in [9.17, 15) is 19.2 Å². The van der Waals surface area contributed by atoms with Gasteiger partial charge in [-0.05, 0) is 44.7 Å². The molecule has 2 aliphatic rings. The monoisotopic (exact) mass is 444 g/mol. The number of esters is 2. The number of carbonyl (C=O) groups excluding carboxylic acids is 4. The first-order chi connectivity index (χ1) is 15.3. The van der Waals surface area contributed by atoms with Crippen LogP contribution in [0.5, 0.6) is 0 Å². The van der Waals surface area contributed by atoms with E-state index in [0.717, 1.165) is 17.7 Å². The van der Waals surface area contributed by atoms with Crippen molar-refractivity contribution in [3.05, 3.63) is 29.8 Å². The molecule has 0 aliphatic carbocycles. The summed E-state index contributed by atoms with van der Waals surface area (Å²) in [5.41, 5.74) is 1.87. The van der Waals surface area contributed by atoms with E-state index < -0.39 is 18.0 Å². The number of amides is 2. The number of carbonyl (C=O) groups is 4. The van der Waals surface area contributed by atoms with E-state index in [-0.39, 0.29) is 36.7 Å². The fourth-order valence-corrected chi connectivity index (χ4v) is 4.35. The molecule has 1 aromatic rings. The third-order valence-corrected chi connectivity index (χ3v) is 6.19. The van der Waals surface area contributed by atoms with Crippen molar-refractivity contribution in [3.63, 3.8) is 0 Å². The Balaban J connectivity index is 1.53. The van der Waals surface area contributed by atoms with Gasteiger partial charge in [0.1, 0.15) is 0 Å². The van der Waals surface area contributed by atoms with Crippen LogP contribution >= 0.6 is 0 Å². The van der Waals surface area contributed by atoms with Crippen LogP contribution in [-0.4, -0.2) is 61.0 Å². The van der Waals surface area contributed by atoms with Crippen molar-refractivity contribution in [3.8, 4) is 0 Å². The predicted molar refractivity (Wildman–Crippen MR) is 118 cm³/mol. The Morgan fingerprint density at radius 2 is 1.75 bits per heavy atom. The van der Waals surface area contributed by atoms with Gasteiger partial charge in [-0.2, -0.15) is 0 Å². The van der Waals surface area contributed by atoms with Gasteiger partial charge in [0.15, 0.2) is 6.10 Å². The number of aryl methyl sites for hydroxylation is 1. The summed E-state index contributed by atoms with van der Waals surface area (Å²) < 4.78 is 10.5. The van der Waals surface area contributed by atoms with Crippen molar-refractivity contribution in [2.45, 2.75) is 52.6 Å². The van der Waals surface area contributed by atoms with E-state index in [1.807, 2.05) is 31.2 Å². The highest BCUT2D eigenvalue weighted by molar-refractivity contribution is 6.00. The fraction of sp³-hybridized carbons (Fsp3) is 0.583. The van der Waals surface area contributed by atoms with Gasteiger partial charge < -0.3 is 19.3 Å². The molecular formula is C24H32N2O6. The lowest BCUT2D eigenvalue weighted by Crippen LogP contribution is -2.46. The zero-order valence-corrected chi connectivity index (χ0v) is 19.0. The minimum Gasteiger partial charge on any atom is -0.466 e.